The van der Waals surface area contributed by atoms with Crippen molar-refractivity contribution in [1.82, 2.24) is 5.32 Å². The van der Waals surface area contributed by atoms with Gasteiger partial charge in [0.1, 0.15) is 5.82 Å². The van der Waals surface area contributed by atoms with Gasteiger partial charge < -0.3 is 5.32 Å². The summed E-state index contributed by atoms with van der Waals surface area (Å²) in [5, 5.41) is 3.39. The fraction of sp³-hybridized carbons (Fsp3) is 0.286. The van der Waals surface area contributed by atoms with E-state index in [2.05, 4.69) is 21.2 Å². The molecular weight excluding hydrogens is 384 g/mol. The van der Waals surface area contributed by atoms with E-state index in [1.54, 1.807) is 12.1 Å². The van der Waals surface area contributed by atoms with Gasteiger partial charge in [0, 0.05) is 11.6 Å². The van der Waals surface area contributed by atoms with Crippen molar-refractivity contribution in [3.8, 4) is 0 Å². The smallest absolute Gasteiger partial charge is 0.137 e. The Morgan fingerprint density at radius 1 is 1.35 bits per heavy atom. The third-order valence-electron chi connectivity index (χ3n) is 2.93. The lowest BCUT2D eigenvalue weighted by molar-refractivity contribution is 0.550. The maximum absolute atomic E-state index is 13.3. The van der Waals surface area contributed by atoms with Crippen molar-refractivity contribution in [2.45, 2.75) is 19.4 Å². The molecule has 0 radical (unpaired) electrons. The number of rotatable bonds is 5. The molecule has 20 heavy (non-hydrogen) atoms. The topological polar surface area (TPSA) is 12.0 Å². The highest BCUT2D eigenvalue weighted by Gasteiger charge is 2.17. The molecule has 0 saturated carbocycles. The number of likely N-dealkylation sites (N-methyl/N-ethyl adjacent to an activating group) is 1. The van der Waals surface area contributed by atoms with E-state index < -0.39 is 0 Å². The molecule has 0 aliphatic heterocycles. The van der Waals surface area contributed by atoms with Gasteiger partial charge >= 0.3 is 0 Å². The molecule has 1 heterocycles. The van der Waals surface area contributed by atoms with Gasteiger partial charge in [-0.15, -0.1) is 11.3 Å². The van der Waals surface area contributed by atoms with Crippen molar-refractivity contribution < 1.29 is 4.39 Å². The molecule has 6 heteroatoms. The van der Waals surface area contributed by atoms with Crippen LogP contribution in [0.1, 0.15) is 24.1 Å². The number of thiophene rings is 1. The Labute approximate surface area is 140 Å². The van der Waals surface area contributed by atoms with Crippen LogP contribution >= 0.6 is 50.5 Å². The molecule has 1 nitrogen and oxygen atoms in total. The molecule has 0 amide bonds. The van der Waals surface area contributed by atoms with Crippen LogP contribution in [-0.2, 0) is 6.42 Å². The van der Waals surface area contributed by atoms with E-state index in [-0.39, 0.29) is 11.9 Å². The number of nitrogens with one attached hydrogen (secondary N) is 1. The first-order valence-corrected chi connectivity index (χ1v) is 8.49. The second-order valence-electron chi connectivity index (χ2n) is 4.34. The van der Waals surface area contributed by atoms with E-state index in [0.29, 0.717) is 13.1 Å². The highest BCUT2D eigenvalue weighted by Crippen LogP contribution is 2.36. The van der Waals surface area contributed by atoms with Gasteiger partial charge in [-0.25, -0.2) is 4.39 Å². The predicted octanol–water partition coefficient (Wildman–Crippen LogP) is 5.85. The minimum atomic E-state index is -0.259. The van der Waals surface area contributed by atoms with Crippen LogP contribution in [-0.4, -0.2) is 6.54 Å². The van der Waals surface area contributed by atoms with Crippen LogP contribution in [0.4, 0.5) is 4.39 Å². The molecule has 0 aliphatic carbocycles. The Kier molecular flexibility index (Phi) is 5.87. The van der Waals surface area contributed by atoms with Crippen LogP contribution < -0.4 is 5.32 Å². The van der Waals surface area contributed by atoms with Gasteiger partial charge in [0.2, 0.25) is 0 Å². The van der Waals surface area contributed by atoms with Crippen molar-refractivity contribution in [1.29, 1.82) is 0 Å². The van der Waals surface area contributed by atoms with E-state index in [1.165, 1.54) is 17.4 Å². The molecule has 0 spiro atoms. The van der Waals surface area contributed by atoms with E-state index >= 15 is 0 Å². The van der Waals surface area contributed by atoms with Gasteiger partial charge in [0.25, 0.3) is 0 Å². The van der Waals surface area contributed by atoms with Crippen molar-refractivity contribution in [3.05, 3.63) is 54.4 Å². The summed E-state index contributed by atoms with van der Waals surface area (Å²) in [6, 6.07) is 6.99. The number of hydrogen-bond donors (Lipinski definition) is 1. The quantitative estimate of drug-likeness (QED) is 0.668. The summed E-state index contributed by atoms with van der Waals surface area (Å²) in [6.45, 7) is 2.85. The van der Waals surface area contributed by atoms with Gasteiger partial charge in [-0.1, -0.05) is 36.2 Å². The third kappa shape index (κ3) is 3.95. The molecule has 2 aromatic rings. The fourth-order valence-corrected chi connectivity index (χ4v) is 4.04. The van der Waals surface area contributed by atoms with Crippen LogP contribution in [0.15, 0.2) is 28.7 Å². The average Bonchev–Trinajstić information content (AvgIpc) is 2.72. The second-order valence-corrected chi connectivity index (χ2v) is 7.48. The predicted molar refractivity (Wildman–Crippen MR) is 88.6 cm³/mol. The lowest BCUT2D eigenvalue weighted by Gasteiger charge is -2.18. The Bertz CT molecular complexity index is 603. The van der Waals surface area contributed by atoms with Crippen molar-refractivity contribution in [2.75, 3.05) is 6.54 Å². The van der Waals surface area contributed by atoms with Crippen LogP contribution in [0.5, 0.6) is 0 Å². The van der Waals surface area contributed by atoms with Crippen molar-refractivity contribution >= 4 is 50.5 Å². The lowest BCUT2D eigenvalue weighted by Crippen LogP contribution is -2.22. The minimum absolute atomic E-state index is 0.0635. The SMILES string of the molecule is CCNC(Cc1ccc(F)c(Br)c1)c1cc(Cl)sc1Cl. The summed E-state index contributed by atoms with van der Waals surface area (Å²) < 4.78 is 15.1. The zero-order chi connectivity index (χ0) is 14.7. The van der Waals surface area contributed by atoms with Gasteiger partial charge in [-0.2, -0.15) is 0 Å². The largest absolute Gasteiger partial charge is 0.310 e. The normalized spacial score (nSPS) is 12.7. The molecule has 1 N–H and O–H groups in total. The molecule has 1 atom stereocenters. The lowest BCUT2D eigenvalue weighted by atomic mass is 10.0. The van der Waals surface area contributed by atoms with E-state index in [0.717, 1.165) is 24.1 Å². The van der Waals surface area contributed by atoms with Crippen molar-refractivity contribution in [3.63, 3.8) is 0 Å². The molecular formula is C14H13BrCl2FNS. The molecule has 0 bridgehead atoms. The summed E-state index contributed by atoms with van der Waals surface area (Å²) in [5.74, 6) is -0.259. The Morgan fingerprint density at radius 3 is 2.65 bits per heavy atom. The van der Waals surface area contributed by atoms with Crippen LogP contribution in [0, 0.1) is 5.82 Å². The Balaban J connectivity index is 2.25. The zero-order valence-corrected chi connectivity index (χ0v) is 14.6. The molecule has 1 aromatic carbocycles. The summed E-state index contributed by atoms with van der Waals surface area (Å²) in [6.07, 6.45) is 0.722. The number of halogens is 4. The Morgan fingerprint density at radius 2 is 2.10 bits per heavy atom. The van der Waals surface area contributed by atoms with E-state index in [9.17, 15) is 4.39 Å². The van der Waals surface area contributed by atoms with Crippen LogP contribution in [0.25, 0.3) is 0 Å². The van der Waals surface area contributed by atoms with Crippen LogP contribution in [0.3, 0.4) is 0 Å². The summed E-state index contributed by atoms with van der Waals surface area (Å²) in [5.41, 5.74) is 2.02. The summed E-state index contributed by atoms with van der Waals surface area (Å²) in [4.78, 5) is 0. The van der Waals surface area contributed by atoms with Gasteiger partial charge in [-0.3, -0.25) is 0 Å². The maximum atomic E-state index is 13.3. The molecule has 0 saturated heterocycles. The molecule has 2 rings (SSSR count). The zero-order valence-electron chi connectivity index (χ0n) is 10.7. The third-order valence-corrected chi connectivity index (χ3v) is 5.06. The first kappa shape index (κ1) is 16.2. The monoisotopic (exact) mass is 395 g/mol. The number of benzene rings is 1. The molecule has 1 unspecified atom stereocenters. The van der Waals surface area contributed by atoms with E-state index in [4.69, 9.17) is 23.2 Å². The molecule has 108 valence electrons. The standard InChI is InChI=1S/C14H13BrCl2FNS/c1-2-19-12(9-7-13(16)20-14(9)17)6-8-3-4-11(18)10(15)5-8/h3-5,7,12,19H,2,6H2,1H3. The van der Waals surface area contributed by atoms with Gasteiger partial charge in [-0.05, 0) is 52.7 Å². The first-order valence-electron chi connectivity index (χ1n) is 6.13. The fourth-order valence-electron chi connectivity index (χ4n) is 2.03. The molecule has 0 aliphatic rings. The Hall–Kier alpha value is -0.130. The second kappa shape index (κ2) is 7.23. The van der Waals surface area contributed by atoms with Crippen LogP contribution in [0.2, 0.25) is 8.67 Å². The first-order chi connectivity index (χ1) is 9.51. The summed E-state index contributed by atoms with van der Waals surface area (Å²) in [7, 11) is 0. The highest BCUT2D eigenvalue weighted by atomic mass is 79.9. The average molecular weight is 397 g/mol. The molecule has 0 fully saturated rings. The maximum Gasteiger partial charge on any atom is 0.137 e. The van der Waals surface area contributed by atoms with Crippen molar-refractivity contribution in [2.24, 2.45) is 0 Å². The summed E-state index contributed by atoms with van der Waals surface area (Å²) >= 11 is 16.8. The van der Waals surface area contributed by atoms with E-state index in [1.807, 2.05) is 13.0 Å². The number of hydrogen-bond acceptors (Lipinski definition) is 2. The van der Waals surface area contributed by atoms with Gasteiger partial charge in [0.15, 0.2) is 0 Å². The highest BCUT2D eigenvalue weighted by molar-refractivity contribution is 9.10. The minimum Gasteiger partial charge on any atom is -0.310 e. The van der Waals surface area contributed by atoms with Gasteiger partial charge in [0.05, 0.1) is 13.1 Å². The molecule has 1 aromatic heterocycles.